The summed E-state index contributed by atoms with van der Waals surface area (Å²) in [6.45, 7) is 4.43. The Labute approximate surface area is 86.5 Å². The molecule has 76 valence electrons. The van der Waals surface area contributed by atoms with Crippen LogP contribution in [0, 0.1) is 19.8 Å². The molecule has 1 saturated carbocycles. The molecule has 1 aromatic rings. The summed E-state index contributed by atoms with van der Waals surface area (Å²) in [5.74, 6) is 0.875. The van der Waals surface area contributed by atoms with Gasteiger partial charge in [-0.2, -0.15) is 0 Å². The lowest BCUT2D eigenvalue weighted by molar-refractivity contribution is 0.524. The summed E-state index contributed by atoms with van der Waals surface area (Å²) >= 11 is 0. The molecule has 0 spiro atoms. The lowest BCUT2D eigenvalue weighted by Gasteiger charge is -2.20. The summed E-state index contributed by atoms with van der Waals surface area (Å²) in [6.07, 6.45) is 2.78. The van der Waals surface area contributed by atoms with E-state index in [9.17, 15) is 0 Å². The lowest BCUT2D eigenvalue weighted by Crippen LogP contribution is -2.20. The second-order valence-corrected chi connectivity index (χ2v) is 4.41. The Morgan fingerprint density at radius 2 is 1.79 bits per heavy atom. The molecular formula is C13H19N. The van der Waals surface area contributed by atoms with E-state index in [-0.39, 0.29) is 0 Å². The van der Waals surface area contributed by atoms with E-state index < -0.39 is 0 Å². The van der Waals surface area contributed by atoms with Gasteiger partial charge in [0.2, 0.25) is 0 Å². The molecule has 0 amide bonds. The zero-order valence-electron chi connectivity index (χ0n) is 9.30. The van der Waals surface area contributed by atoms with Gasteiger partial charge in [-0.15, -0.1) is 0 Å². The van der Waals surface area contributed by atoms with Crippen LogP contribution in [0.3, 0.4) is 0 Å². The van der Waals surface area contributed by atoms with Crippen LogP contribution in [-0.2, 0) is 0 Å². The molecule has 1 fully saturated rings. The van der Waals surface area contributed by atoms with Crippen molar-refractivity contribution in [2.45, 2.75) is 32.7 Å². The van der Waals surface area contributed by atoms with Crippen molar-refractivity contribution in [3.63, 3.8) is 0 Å². The maximum atomic E-state index is 3.46. The molecule has 0 saturated heterocycles. The maximum Gasteiger partial charge on any atom is 0.0351 e. The van der Waals surface area contributed by atoms with Crippen molar-refractivity contribution >= 4 is 0 Å². The lowest BCUT2D eigenvalue weighted by atomic mass is 9.93. The van der Waals surface area contributed by atoms with Crippen molar-refractivity contribution in [1.82, 2.24) is 5.32 Å². The van der Waals surface area contributed by atoms with E-state index in [0.717, 1.165) is 5.92 Å². The predicted octanol–water partition coefficient (Wildman–Crippen LogP) is 2.97. The highest BCUT2D eigenvalue weighted by molar-refractivity contribution is 5.37. The molecule has 1 N–H and O–H groups in total. The van der Waals surface area contributed by atoms with E-state index in [1.165, 1.54) is 29.5 Å². The number of hydrogen-bond acceptors (Lipinski definition) is 1. The fourth-order valence-corrected chi connectivity index (χ4v) is 2.36. The number of rotatable bonds is 3. The fraction of sp³-hybridized carbons (Fsp3) is 0.538. The summed E-state index contributed by atoms with van der Waals surface area (Å²) in [6, 6.07) is 7.16. The van der Waals surface area contributed by atoms with E-state index in [4.69, 9.17) is 0 Å². The SMILES string of the molecule is CNC(c1c(C)cccc1C)C1CC1. The Balaban J connectivity index is 2.36. The molecule has 0 heterocycles. The van der Waals surface area contributed by atoms with Gasteiger partial charge in [-0.25, -0.2) is 0 Å². The first kappa shape index (κ1) is 9.72. The zero-order valence-corrected chi connectivity index (χ0v) is 9.30. The average Bonchev–Trinajstić information content (AvgIpc) is 2.95. The number of aryl methyl sites for hydroxylation is 2. The zero-order chi connectivity index (χ0) is 10.1. The molecule has 0 aromatic heterocycles. The third-order valence-electron chi connectivity index (χ3n) is 3.26. The van der Waals surface area contributed by atoms with Crippen LogP contribution in [0.4, 0.5) is 0 Å². The molecule has 14 heavy (non-hydrogen) atoms. The quantitative estimate of drug-likeness (QED) is 0.770. The summed E-state index contributed by atoms with van der Waals surface area (Å²) in [5.41, 5.74) is 4.38. The summed E-state index contributed by atoms with van der Waals surface area (Å²) < 4.78 is 0. The number of hydrogen-bond donors (Lipinski definition) is 1. The number of nitrogens with one attached hydrogen (secondary N) is 1. The highest BCUT2D eigenvalue weighted by atomic mass is 14.9. The van der Waals surface area contributed by atoms with Gasteiger partial charge >= 0.3 is 0 Å². The van der Waals surface area contributed by atoms with Crippen LogP contribution in [-0.4, -0.2) is 7.05 Å². The van der Waals surface area contributed by atoms with Crippen LogP contribution in [0.15, 0.2) is 18.2 Å². The van der Waals surface area contributed by atoms with E-state index in [0.29, 0.717) is 6.04 Å². The summed E-state index contributed by atoms with van der Waals surface area (Å²) in [7, 11) is 2.08. The Morgan fingerprint density at radius 3 is 2.21 bits per heavy atom. The molecule has 1 aliphatic rings. The predicted molar refractivity (Wildman–Crippen MR) is 60.4 cm³/mol. The Bertz CT molecular complexity index is 306. The molecule has 0 bridgehead atoms. The Kier molecular flexibility index (Phi) is 2.60. The first-order valence-corrected chi connectivity index (χ1v) is 5.47. The topological polar surface area (TPSA) is 12.0 Å². The molecule has 1 aromatic carbocycles. The van der Waals surface area contributed by atoms with Gasteiger partial charge in [-0.05, 0) is 56.3 Å². The molecule has 2 rings (SSSR count). The average molecular weight is 189 g/mol. The van der Waals surface area contributed by atoms with Gasteiger partial charge in [0, 0.05) is 6.04 Å². The Morgan fingerprint density at radius 1 is 1.21 bits per heavy atom. The smallest absolute Gasteiger partial charge is 0.0351 e. The standard InChI is InChI=1S/C13H19N/c1-9-5-4-6-10(2)12(9)13(14-3)11-7-8-11/h4-6,11,13-14H,7-8H2,1-3H3. The molecule has 1 unspecified atom stereocenters. The minimum Gasteiger partial charge on any atom is -0.313 e. The molecule has 1 heteroatoms. The van der Waals surface area contributed by atoms with E-state index in [2.05, 4.69) is 44.4 Å². The van der Waals surface area contributed by atoms with Crippen LogP contribution in [0.2, 0.25) is 0 Å². The normalized spacial score (nSPS) is 18.2. The van der Waals surface area contributed by atoms with Crippen LogP contribution in [0.1, 0.15) is 35.6 Å². The van der Waals surface area contributed by atoms with Gasteiger partial charge in [0.25, 0.3) is 0 Å². The minimum absolute atomic E-state index is 0.580. The summed E-state index contributed by atoms with van der Waals surface area (Å²) in [4.78, 5) is 0. The monoisotopic (exact) mass is 189 g/mol. The first-order chi connectivity index (χ1) is 6.74. The van der Waals surface area contributed by atoms with Gasteiger partial charge in [0.1, 0.15) is 0 Å². The molecule has 1 aliphatic carbocycles. The molecule has 1 atom stereocenters. The molecule has 1 nitrogen and oxygen atoms in total. The van der Waals surface area contributed by atoms with Crippen molar-refractivity contribution < 1.29 is 0 Å². The second-order valence-electron chi connectivity index (χ2n) is 4.41. The van der Waals surface area contributed by atoms with Crippen LogP contribution >= 0.6 is 0 Å². The van der Waals surface area contributed by atoms with Crippen molar-refractivity contribution in [1.29, 1.82) is 0 Å². The van der Waals surface area contributed by atoms with Crippen LogP contribution in [0.25, 0.3) is 0 Å². The van der Waals surface area contributed by atoms with E-state index in [1.807, 2.05) is 0 Å². The van der Waals surface area contributed by atoms with E-state index >= 15 is 0 Å². The third kappa shape index (κ3) is 1.69. The second kappa shape index (κ2) is 3.74. The minimum atomic E-state index is 0.580. The highest BCUT2D eigenvalue weighted by Gasteiger charge is 2.32. The van der Waals surface area contributed by atoms with Crippen LogP contribution < -0.4 is 5.32 Å². The molecule has 0 radical (unpaired) electrons. The largest absolute Gasteiger partial charge is 0.313 e. The highest BCUT2D eigenvalue weighted by Crippen LogP contribution is 2.42. The molecular weight excluding hydrogens is 170 g/mol. The van der Waals surface area contributed by atoms with Gasteiger partial charge < -0.3 is 5.32 Å². The third-order valence-corrected chi connectivity index (χ3v) is 3.26. The van der Waals surface area contributed by atoms with Gasteiger partial charge in [-0.1, -0.05) is 18.2 Å². The van der Waals surface area contributed by atoms with Gasteiger partial charge in [-0.3, -0.25) is 0 Å². The first-order valence-electron chi connectivity index (χ1n) is 5.47. The van der Waals surface area contributed by atoms with Gasteiger partial charge in [0.05, 0.1) is 0 Å². The Hall–Kier alpha value is -0.820. The van der Waals surface area contributed by atoms with E-state index in [1.54, 1.807) is 0 Å². The van der Waals surface area contributed by atoms with Crippen molar-refractivity contribution in [2.75, 3.05) is 7.05 Å². The van der Waals surface area contributed by atoms with Crippen molar-refractivity contribution in [3.05, 3.63) is 34.9 Å². The van der Waals surface area contributed by atoms with Gasteiger partial charge in [0.15, 0.2) is 0 Å². The molecule has 0 aliphatic heterocycles. The van der Waals surface area contributed by atoms with Crippen molar-refractivity contribution in [2.24, 2.45) is 5.92 Å². The maximum absolute atomic E-state index is 3.46. The van der Waals surface area contributed by atoms with Crippen molar-refractivity contribution in [3.8, 4) is 0 Å². The fourth-order valence-electron chi connectivity index (χ4n) is 2.36. The number of benzene rings is 1. The summed E-state index contributed by atoms with van der Waals surface area (Å²) in [5, 5.41) is 3.46. The van der Waals surface area contributed by atoms with Crippen LogP contribution in [0.5, 0.6) is 0 Å².